The standard InChI is InChI=1S/C26H24FN3O6/c1-2-8-23(29(26(33)34)16-17-9-4-3-5-10-17)25(32)28-22-14-13-18(30(35)36)15-20(22)24(31)19-11-6-7-12-21(19)27/h3-7,9-15,23H,2,8,16H2,1H3,(H,28,32)(H,33,34). The van der Waals surface area contributed by atoms with Gasteiger partial charge in [-0.2, -0.15) is 0 Å². The molecule has 0 fully saturated rings. The lowest BCUT2D eigenvalue weighted by molar-refractivity contribution is -0.384. The molecule has 0 saturated heterocycles. The minimum absolute atomic E-state index is 0.0461. The monoisotopic (exact) mass is 493 g/mol. The molecular weight excluding hydrogens is 469 g/mol. The Balaban J connectivity index is 1.98. The highest BCUT2D eigenvalue weighted by Gasteiger charge is 2.31. The molecule has 0 radical (unpaired) electrons. The number of amides is 2. The van der Waals surface area contributed by atoms with Crippen molar-refractivity contribution in [3.8, 4) is 0 Å². The number of ketones is 1. The molecule has 0 saturated carbocycles. The summed E-state index contributed by atoms with van der Waals surface area (Å²) in [5.41, 5.74) is -0.448. The zero-order chi connectivity index (χ0) is 26.2. The fourth-order valence-corrected chi connectivity index (χ4v) is 3.74. The van der Waals surface area contributed by atoms with Crippen LogP contribution in [0.15, 0.2) is 72.8 Å². The molecule has 1 unspecified atom stereocenters. The maximum atomic E-state index is 14.3. The number of anilines is 1. The van der Waals surface area contributed by atoms with Crippen molar-refractivity contribution >= 4 is 29.2 Å². The van der Waals surface area contributed by atoms with Gasteiger partial charge in [0.05, 0.1) is 21.7 Å². The number of nitrogens with zero attached hydrogens (tertiary/aromatic N) is 2. The Labute approximate surface area is 206 Å². The van der Waals surface area contributed by atoms with Crippen LogP contribution >= 0.6 is 0 Å². The Morgan fingerprint density at radius 1 is 1.03 bits per heavy atom. The van der Waals surface area contributed by atoms with Crippen LogP contribution in [0.4, 0.5) is 20.6 Å². The average Bonchev–Trinajstić information content (AvgIpc) is 2.86. The van der Waals surface area contributed by atoms with Crippen LogP contribution in [0, 0.1) is 15.9 Å². The van der Waals surface area contributed by atoms with Gasteiger partial charge in [0, 0.05) is 18.7 Å². The van der Waals surface area contributed by atoms with Crippen LogP contribution in [0.5, 0.6) is 0 Å². The lowest BCUT2D eigenvalue weighted by Crippen LogP contribution is -2.46. The summed E-state index contributed by atoms with van der Waals surface area (Å²) in [5, 5.41) is 23.7. The minimum Gasteiger partial charge on any atom is -0.465 e. The molecule has 0 heterocycles. The zero-order valence-electron chi connectivity index (χ0n) is 19.4. The summed E-state index contributed by atoms with van der Waals surface area (Å²) in [4.78, 5) is 50.1. The Hall–Kier alpha value is -4.60. The van der Waals surface area contributed by atoms with E-state index in [-0.39, 0.29) is 29.8 Å². The van der Waals surface area contributed by atoms with Crippen LogP contribution in [0.2, 0.25) is 0 Å². The second-order valence-electron chi connectivity index (χ2n) is 7.99. The maximum absolute atomic E-state index is 14.3. The molecule has 36 heavy (non-hydrogen) atoms. The van der Waals surface area contributed by atoms with Crippen molar-refractivity contribution in [3.05, 3.63) is 105 Å². The summed E-state index contributed by atoms with van der Waals surface area (Å²) in [6, 6.07) is 16.0. The van der Waals surface area contributed by atoms with Gasteiger partial charge in [-0.15, -0.1) is 0 Å². The highest BCUT2D eigenvalue weighted by Crippen LogP contribution is 2.27. The Kier molecular flexibility index (Phi) is 8.45. The van der Waals surface area contributed by atoms with Gasteiger partial charge in [-0.25, -0.2) is 9.18 Å². The number of nitrogens with one attached hydrogen (secondary N) is 1. The Bertz CT molecular complexity index is 1280. The summed E-state index contributed by atoms with van der Waals surface area (Å²) in [6.07, 6.45) is -0.634. The van der Waals surface area contributed by atoms with E-state index in [4.69, 9.17) is 0 Å². The topological polar surface area (TPSA) is 130 Å². The molecular formula is C26H24FN3O6. The van der Waals surface area contributed by atoms with Gasteiger partial charge < -0.3 is 10.4 Å². The van der Waals surface area contributed by atoms with Gasteiger partial charge in [0.1, 0.15) is 11.9 Å². The van der Waals surface area contributed by atoms with Crippen LogP contribution in [0.1, 0.15) is 41.3 Å². The number of hydrogen-bond acceptors (Lipinski definition) is 5. The third-order valence-corrected chi connectivity index (χ3v) is 5.52. The Morgan fingerprint density at radius 3 is 2.31 bits per heavy atom. The number of nitro benzene ring substituents is 1. The molecule has 9 nitrogen and oxygen atoms in total. The third-order valence-electron chi connectivity index (χ3n) is 5.52. The van der Waals surface area contributed by atoms with Crippen molar-refractivity contribution in [3.63, 3.8) is 0 Å². The summed E-state index contributed by atoms with van der Waals surface area (Å²) < 4.78 is 14.3. The molecule has 1 atom stereocenters. The quantitative estimate of drug-likeness (QED) is 0.225. The van der Waals surface area contributed by atoms with Crippen LogP contribution in [0.3, 0.4) is 0 Å². The fraction of sp³-hybridized carbons (Fsp3) is 0.192. The molecule has 0 spiro atoms. The first-order valence-corrected chi connectivity index (χ1v) is 11.1. The SMILES string of the molecule is CCCC(C(=O)Nc1ccc([N+](=O)[O-])cc1C(=O)c1ccccc1F)N(Cc1ccccc1)C(=O)O. The molecule has 0 aliphatic rings. The van der Waals surface area contributed by atoms with Gasteiger partial charge in [-0.3, -0.25) is 24.6 Å². The molecule has 3 aromatic carbocycles. The Morgan fingerprint density at radius 2 is 1.69 bits per heavy atom. The normalized spacial score (nSPS) is 11.4. The van der Waals surface area contributed by atoms with Gasteiger partial charge in [-0.1, -0.05) is 55.8 Å². The van der Waals surface area contributed by atoms with Crippen LogP contribution in [-0.2, 0) is 11.3 Å². The smallest absolute Gasteiger partial charge is 0.408 e. The summed E-state index contributed by atoms with van der Waals surface area (Å²) in [5.74, 6) is -2.40. The predicted molar refractivity (Wildman–Crippen MR) is 130 cm³/mol. The molecule has 0 aliphatic carbocycles. The van der Waals surface area contributed by atoms with Gasteiger partial charge >= 0.3 is 6.09 Å². The molecule has 0 bridgehead atoms. The molecule has 10 heteroatoms. The number of carboxylic acid groups (broad SMARTS) is 1. The number of rotatable bonds is 10. The van der Waals surface area contributed by atoms with Crippen molar-refractivity contribution in [1.29, 1.82) is 0 Å². The van der Waals surface area contributed by atoms with Crippen molar-refractivity contribution in [2.24, 2.45) is 0 Å². The average molecular weight is 493 g/mol. The first-order valence-electron chi connectivity index (χ1n) is 11.1. The highest BCUT2D eigenvalue weighted by atomic mass is 19.1. The highest BCUT2D eigenvalue weighted by molar-refractivity contribution is 6.14. The molecule has 2 amide bonds. The van der Waals surface area contributed by atoms with E-state index >= 15 is 0 Å². The van der Waals surface area contributed by atoms with Crippen molar-refractivity contribution in [2.45, 2.75) is 32.4 Å². The molecule has 0 aliphatic heterocycles. The fourth-order valence-electron chi connectivity index (χ4n) is 3.74. The van der Waals surface area contributed by atoms with Crippen LogP contribution < -0.4 is 5.32 Å². The first kappa shape index (κ1) is 26.0. The van der Waals surface area contributed by atoms with Crippen molar-refractivity contribution in [2.75, 3.05) is 5.32 Å². The second kappa shape index (κ2) is 11.7. The molecule has 0 aromatic heterocycles. The van der Waals surface area contributed by atoms with E-state index < -0.39 is 40.3 Å². The van der Waals surface area contributed by atoms with E-state index in [9.17, 15) is 34.0 Å². The van der Waals surface area contributed by atoms with E-state index in [1.807, 2.05) is 0 Å². The number of nitro groups is 1. The number of carbonyl (C=O) groups excluding carboxylic acids is 2. The largest absolute Gasteiger partial charge is 0.465 e. The number of non-ortho nitro benzene ring substituents is 1. The number of halogens is 1. The predicted octanol–water partition coefficient (Wildman–Crippen LogP) is 5.25. The second-order valence-corrected chi connectivity index (χ2v) is 7.99. The molecule has 186 valence electrons. The number of benzene rings is 3. The summed E-state index contributed by atoms with van der Waals surface area (Å²) in [7, 11) is 0. The third kappa shape index (κ3) is 6.09. The summed E-state index contributed by atoms with van der Waals surface area (Å²) in [6.45, 7) is 1.75. The molecule has 3 rings (SSSR count). The van der Waals surface area contributed by atoms with E-state index in [2.05, 4.69) is 5.32 Å². The van der Waals surface area contributed by atoms with Gasteiger partial charge in [0.2, 0.25) is 5.91 Å². The minimum atomic E-state index is -1.31. The number of carbonyl (C=O) groups is 3. The lowest BCUT2D eigenvalue weighted by atomic mass is 10.00. The van der Waals surface area contributed by atoms with Crippen molar-refractivity contribution in [1.82, 2.24) is 4.90 Å². The van der Waals surface area contributed by atoms with Gasteiger partial charge in [0.25, 0.3) is 5.69 Å². The summed E-state index contributed by atoms with van der Waals surface area (Å²) >= 11 is 0. The van der Waals surface area contributed by atoms with Crippen LogP contribution in [0.25, 0.3) is 0 Å². The first-order chi connectivity index (χ1) is 17.2. The van der Waals surface area contributed by atoms with E-state index in [0.29, 0.717) is 12.0 Å². The van der Waals surface area contributed by atoms with Crippen molar-refractivity contribution < 1.29 is 28.8 Å². The van der Waals surface area contributed by atoms with E-state index in [1.54, 1.807) is 37.3 Å². The van der Waals surface area contributed by atoms with Gasteiger partial charge in [0.15, 0.2) is 5.78 Å². The molecule has 2 N–H and O–H groups in total. The van der Waals surface area contributed by atoms with E-state index in [1.165, 1.54) is 24.3 Å². The van der Waals surface area contributed by atoms with Crippen LogP contribution in [-0.4, -0.2) is 38.8 Å². The lowest BCUT2D eigenvalue weighted by Gasteiger charge is -2.28. The maximum Gasteiger partial charge on any atom is 0.408 e. The van der Waals surface area contributed by atoms with E-state index in [0.717, 1.165) is 23.1 Å². The number of hydrogen-bond donors (Lipinski definition) is 2. The zero-order valence-corrected chi connectivity index (χ0v) is 19.4. The molecule has 3 aromatic rings. The van der Waals surface area contributed by atoms with Gasteiger partial charge in [-0.05, 0) is 30.2 Å².